The molecule has 1 aliphatic rings. The molecule has 1 fully saturated rings. The summed E-state index contributed by atoms with van der Waals surface area (Å²) in [6.45, 7) is 6.79. The van der Waals surface area contributed by atoms with Crippen LogP contribution in [-0.4, -0.2) is 50.2 Å². The maximum Gasteiger partial charge on any atom is 0.222 e. The van der Waals surface area contributed by atoms with Crippen LogP contribution < -0.4 is 5.73 Å². The molecule has 0 saturated carbocycles. The molecule has 124 valence electrons. The van der Waals surface area contributed by atoms with Crippen molar-refractivity contribution < 1.29 is 4.79 Å². The van der Waals surface area contributed by atoms with E-state index in [1.165, 1.54) is 0 Å². The van der Waals surface area contributed by atoms with Gasteiger partial charge < -0.3 is 10.6 Å². The number of hydrogen-bond acceptors (Lipinski definition) is 5. The number of carbonyl (C=O) groups excluding carboxylic acids is 1. The zero-order chi connectivity index (χ0) is 16.4. The number of nitrogens with zero attached hydrogens (tertiary/aromatic N) is 5. The third-order valence-electron chi connectivity index (χ3n) is 4.25. The third kappa shape index (κ3) is 3.19. The van der Waals surface area contributed by atoms with Gasteiger partial charge in [0, 0.05) is 44.4 Å². The number of aromatic nitrogens is 4. The first-order chi connectivity index (χ1) is 11.1. The van der Waals surface area contributed by atoms with E-state index in [1.807, 2.05) is 9.58 Å². The lowest BCUT2D eigenvalue weighted by Gasteiger charge is -2.17. The lowest BCUT2D eigenvalue weighted by atomic mass is 10.0. The smallest absolute Gasteiger partial charge is 0.222 e. The number of rotatable bonds is 5. The first-order valence-corrected chi connectivity index (χ1v) is 8.25. The molecule has 0 radical (unpaired) electrons. The highest BCUT2D eigenvalue weighted by Gasteiger charge is 2.31. The molecule has 23 heavy (non-hydrogen) atoms. The molecule has 7 heteroatoms. The minimum atomic E-state index is 0.226. The summed E-state index contributed by atoms with van der Waals surface area (Å²) in [6.07, 6.45) is 4.90. The normalized spacial score (nSPS) is 18.3. The Balaban J connectivity index is 1.83. The van der Waals surface area contributed by atoms with Crippen LogP contribution in [0.2, 0.25) is 0 Å². The zero-order valence-electron chi connectivity index (χ0n) is 13.8. The molecule has 0 spiro atoms. The van der Waals surface area contributed by atoms with E-state index in [9.17, 15) is 4.79 Å². The SMILES string of the molecule is CC(C)CC(=O)N1CC[C@@H](c2nn(CCN)c3nccnc23)C1. The minimum absolute atomic E-state index is 0.226. The molecule has 2 N–H and O–H groups in total. The van der Waals surface area contributed by atoms with Gasteiger partial charge in [0.2, 0.25) is 5.91 Å². The molecule has 1 aliphatic heterocycles. The Morgan fingerprint density at radius 2 is 2.17 bits per heavy atom. The van der Waals surface area contributed by atoms with Crippen LogP contribution in [0.5, 0.6) is 0 Å². The van der Waals surface area contributed by atoms with Crippen molar-refractivity contribution >= 4 is 17.1 Å². The number of carbonyl (C=O) groups is 1. The predicted molar refractivity (Wildman–Crippen MR) is 87.8 cm³/mol. The Morgan fingerprint density at radius 3 is 2.91 bits per heavy atom. The summed E-state index contributed by atoms with van der Waals surface area (Å²) in [5.74, 6) is 0.848. The minimum Gasteiger partial charge on any atom is -0.342 e. The molecule has 7 nitrogen and oxygen atoms in total. The lowest BCUT2D eigenvalue weighted by Crippen LogP contribution is -2.29. The van der Waals surface area contributed by atoms with Crippen molar-refractivity contribution in [2.24, 2.45) is 11.7 Å². The molecule has 0 unspecified atom stereocenters. The van der Waals surface area contributed by atoms with Crippen LogP contribution in [0.3, 0.4) is 0 Å². The van der Waals surface area contributed by atoms with Gasteiger partial charge in [-0.2, -0.15) is 5.10 Å². The Hall–Kier alpha value is -2.02. The van der Waals surface area contributed by atoms with Crippen molar-refractivity contribution in [3.05, 3.63) is 18.1 Å². The van der Waals surface area contributed by atoms with Crippen LogP contribution in [0.15, 0.2) is 12.4 Å². The second-order valence-electron chi connectivity index (χ2n) is 6.55. The summed E-state index contributed by atoms with van der Waals surface area (Å²) < 4.78 is 1.83. The van der Waals surface area contributed by atoms with Crippen LogP contribution >= 0.6 is 0 Å². The van der Waals surface area contributed by atoms with E-state index in [-0.39, 0.29) is 11.8 Å². The average Bonchev–Trinajstić information content (AvgIpc) is 3.12. The second-order valence-corrected chi connectivity index (χ2v) is 6.55. The summed E-state index contributed by atoms with van der Waals surface area (Å²) in [5, 5.41) is 4.69. The van der Waals surface area contributed by atoms with Gasteiger partial charge in [0.15, 0.2) is 5.65 Å². The second kappa shape index (κ2) is 6.62. The highest BCUT2D eigenvalue weighted by atomic mass is 16.2. The van der Waals surface area contributed by atoms with Crippen molar-refractivity contribution in [1.82, 2.24) is 24.6 Å². The summed E-state index contributed by atoms with van der Waals surface area (Å²) in [4.78, 5) is 23.1. The van der Waals surface area contributed by atoms with Crippen molar-refractivity contribution in [1.29, 1.82) is 0 Å². The van der Waals surface area contributed by atoms with E-state index in [4.69, 9.17) is 5.73 Å². The van der Waals surface area contributed by atoms with Crippen molar-refractivity contribution in [2.75, 3.05) is 19.6 Å². The molecule has 0 bridgehead atoms. The highest BCUT2D eigenvalue weighted by molar-refractivity contribution is 5.77. The first kappa shape index (κ1) is 15.9. The van der Waals surface area contributed by atoms with Crippen molar-refractivity contribution in [3.63, 3.8) is 0 Å². The largest absolute Gasteiger partial charge is 0.342 e. The molecule has 1 saturated heterocycles. The molecule has 2 aromatic rings. The van der Waals surface area contributed by atoms with E-state index in [0.717, 1.165) is 36.4 Å². The fraction of sp³-hybridized carbons (Fsp3) is 0.625. The monoisotopic (exact) mass is 316 g/mol. The van der Waals surface area contributed by atoms with E-state index in [1.54, 1.807) is 12.4 Å². The number of amides is 1. The van der Waals surface area contributed by atoms with E-state index >= 15 is 0 Å². The number of nitrogens with two attached hydrogens (primary N) is 1. The maximum absolute atomic E-state index is 12.3. The number of fused-ring (bicyclic) bond motifs is 1. The van der Waals surface area contributed by atoms with Gasteiger partial charge >= 0.3 is 0 Å². The standard InChI is InChI=1S/C16H24N6O/c1-11(2)9-13(23)21-7-3-12(10-21)14-15-16(19-6-5-18-15)22(20-14)8-4-17/h5-6,11-12H,3-4,7-10,17H2,1-2H3/t12-/m1/s1. The van der Waals surface area contributed by atoms with Gasteiger partial charge in [0.05, 0.1) is 12.2 Å². The molecule has 1 amide bonds. The van der Waals surface area contributed by atoms with E-state index < -0.39 is 0 Å². The predicted octanol–water partition coefficient (Wildman–Crippen LogP) is 1.15. The number of likely N-dealkylation sites (tertiary alicyclic amines) is 1. The topological polar surface area (TPSA) is 89.9 Å². The van der Waals surface area contributed by atoms with Crippen LogP contribution in [0.25, 0.3) is 11.2 Å². The lowest BCUT2D eigenvalue weighted by molar-refractivity contribution is -0.130. The fourth-order valence-corrected chi connectivity index (χ4v) is 3.17. The van der Waals surface area contributed by atoms with Gasteiger partial charge in [0.25, 0.3) is 0 Å². The molecular weight excluding hydrogens is 292 g/mol. The van der Waals surface area contributed by atoms with Crippen LogP contribution in [0.4, 0.5) is 0 Å². The third-order valence-corrected chi connectivity index (χ3v) is 4.25. The molecule has 0 aliphatic carbocycles. The molecule has 3 heterocycles. The van der Waals surface area contributed by atoms with Gasteiger partial charge in [-0.1, -0.05) is 13.8 Å². The molecular formula is C16H24N6O. The molecule has 2 aromatic heterocycles. The molecule has 1 atom stereocenters. The van der Waals surface area contributed by atoms with Crippen LogP contribution in [0.1, 0.15) is 38.3 Å². The Kier molecular flexibility index (Phi) is 4.56. The van der Waals surface area contributed by atoms with Crippen LogP contribution in [-0.2, 0) is 11.3 Å². The maximum atomic E-state index is 12.3. The van der Waals surface area contributed by atoms with Gasteiger partial charge in [-0.05, 0) is 12.3 Å². The van der Waals surface area contributed by atoms with Crippen LogP contribution in [0, 0.1) is 5.92 Å². The number of hydrogen-bond donors (Lipinski definition) is 1. The Bertz CT molecular complexity index is 695. The van der Waals surface area contributed by atoms with Crippen molar-refractivity contribution in [3.8, 4) is 0 Å². The van der Waals surface area contributed by atoms with E-state index in [2.05, 4.69) is 28.9 Å². The van der Waals surface area contributed by atoms with E-state index in [0.29, 0.717) is 25.4 Å². The highest BCUT2D eigenvalue weighted by Crippen LogP contribution is 2.30. The van der Waals surface area contributed by atoms with Gasteiger partial charge in [0.1, 0.15) is 5.52 Å². The zero-order valence-corrected chi connectivity index (χ0v) is 13.8. The van der Waals surface area contributed by atoms with Gasteiger partial charge in [-0.25, -0.2) is 14.6 Å². The van der Waals surface area contributed by atoms with Crippen molar-refractivity contribution in [2.45, 2.75) is 39.2 Å². The fourth-order valence-electron chi connectivity index (χ4n) is 3.17. The van der Waals surface area contributed by atoms with Gasteiger partial charge in [-0.15, -0.1) is 0 Å². The average molecular weight is 316 g/mol. The summed E-state index contributed by atoms with van der Waals surface area (Å²) in [6, 6.07) is 0. The summed E-state index contributed by atoms with van der Waals surface area (Å²) >= 11 is 0. The van der Waals surface area contributed by atoms with Gasteiger partial charge in [-0.3, -0.25) is 4.79 Å². The quantitative estimate of drug-likeness (QED) is 0.893. The molecule has 3 rings (SSSR count). The first-order valence-electron chi connectivity index (χ1n) is 8.25. The summed E-state index contributed by atoms with van der Waals surface area (Å²) in [5.41, 5.74) is 8.22. The Labute approximate surface area is 135 Å². The molecule has 0 aromatic carbocycles. The summed E-state index contributed by atoms with van der Waals surface area (Å²) in [7, 11) is 0. The Morgan fingerprint density at radius 1 is 1.39 bits per heavy atom.